The number of carboxylic acid groups (broad SMARTS) is 2. The largest absolute Gasteiger partial charge is 0.481 e. The SMILES string of the molecule is CC1=CC(C(=O)O)(C(C)C)CC(CCl)(C(=O)O)C1. The first-order chi connectivity index (χ1) is 8.20. The van der Waals surface area contributed by atoms with Crippen LogP contribution in [-0.4, -0.2) is 28.0 Å². The molecule has 18 heavy (non-hydrogen) atoms. The average molecular weight is 275 g/mol. The second-order valence-corrected chi connectivity index (χ2v) is 5.83. The summed E-state index contributed by atoms with van der Waals surface area (Å²) in [4.78, 5) is 23.1. The van der Waals surface area contributed by atoms with Gasteiger partial charge in [0.25, 0.3) is 0 Å². The predicted octanol–water partition coefficient (Wildman–Crippen LogP) is 2.76. The summed E-state index contributed by atoms with van der Waals surface area (Å²) < 4.78 is 0. The summed E-state index contributed by atoms with van der Waals surface area (Å²) in [6.07, 6.45) is 2.06. The van der Waals surface area contributed by atoms with Crippen LogP contribution in [0.25, 0.3) is 0 Å². The average Bonchev–Trinajstić information content (AvgIpc) is 2.27. The number of rotatable bonds is 4. The Bertz CT molecular complexity index is 402. The second kappa shape index (κ2) is 4.92. The number of carbonyl (C=O) groups is 2. The molecule has 1 aliphatic rings. The zero-order chi connectivity index (χ0) is 14.1. The third-order valence-corrected chi connectivity index (χ3v) is 4.40. The molecule has 0 amide bonds. The standard InChI is InChI=1S/C13H19ClO4/c1-8(2)13(11(17)18)5-9(3)4-12(6-13,7-14)10(15)16/h5,8H,4,6-7H2,1-3H3,(H,15,16)(H,17,18). The minimum atomic E-state index is -1.18. The summed E-state index contributed by atoms with van der Waals surface area (Å²) >= 11 is 5.83. The summed E-state index contributed by atoms with van der Waals surface area (Å²) in [5.74, 6) is -2.26. The van der Waals surface area contributed by atoms with Crippen molar-refractivity contribution in [2.24, 2.45) is 16.7 Å². The number of alkyl halides is 1. The van der Waals surface area contributed by atoms with Crippen molar-refractivity contribution < 1.29 is 19.8 Å². The molecule has 1 rings (SSSR count). The van der Waals surface area contributed by atoms with Crippen molar-refractivity contribution in [1.82, 2.24) is 0 Å². The molecule has 0 spiro atoms. The maximum atomic E-state index is 11.6. The van der Waals surface area contributed by atoms with Gasteiger partial charge in [-0.05, 0) is 25.7 Å². The number of hydrogen-bond donors (Lipinski definition) is 2. The molecule has 0 radical (unpaired) electrons. The normalized spacial score (nSPS) is 32.2. The Kier molecular flexibility index (Phi) is 4.11. The topological polar surface area (TPSA) is 74.6 Å². The summed E-state index contributed by atoms with van der Waals surface area (Å²) in [7, 11) is 0. The third kappa shape index (κ3) is 2.26. The van der Waals surface area contributed by atoms with Crippen LogP contribution in [0.5, 0.6) is 0 Å². The van der Waals surface area contributed by atoms with E-state index in [-0.39, 0.29) is 18.2 Å². The van der Waals surface area contributed by atoms with Crippen LogP contribution < -0.4 is 0 Å². The molecule has 0 saturated heterocycles. The highest BCUT2D eigenvalue weighted by atomic mass is 35.5. The molecule has 0 aromatic carbocycles. The Morgan fingerprint density at radius 2 is 1.94 bits per heavy atom. The first-order valence-electron chi connectivity index (χ1n) is 5.91. The van der Waals surface area contributed by atoms with Crippen molar-refractivity contribution in [1.29, 1.82) is 0 Å². The van der Waals surface area contributed by atoms with E-state index in [1.165, 1.54) is 0 Å². The van der Waals surface area contributed by atoms with E-state index in [9.17, 15) is 19.8 Å². The van der Waals surface area contributed by atoms with Crippen molar-refractivity contribution in [3.05, 3.63) is 11.6 Å². The van der Waals surface area contributed by atoms with E-state index in [2.05, 4.69) is 0 Å². The summed E-state index contributed by atoms with van der Waals surface area (Å²) in [6.45, 7) is 5.36. The molecule has 102 valence electrons. The van der Waals surface area contributed by atoms with Crippen molar-refractivity contribution in [3.8, 4) is 0 Å². The summed E-state index contributed by atoms with van der Waals surface area (Å²) in [5, 5.41) is 18.9. The van der Waals surface area contributed by atoms with Crippen molar-refractivity contribution >= 4 is 23.5 Å². The van der Waals surface area contributed by atoms with Crippen LogP contribution in [-0.2, 0) is 9.59 Å². The zero-order valence-electron chi connectivity index (χ0n) is 10.9. The number of hydrogen-bond acceptors (Lipinski definition) is 2. The number of allylic oxidation sites excluding steroid dienone is 1. The smallest absolute Gasteiger partial charge is 0.313 e. The quantitative estimate of drug-likeness (QED) is 0.611. The highest BCUT2D eigenvalue weighted by Crippen LogP contribution is 2.50. The van der Waals surface area contributed by atoms with Gasteiger partial charge in [-0.15, -0.1) is 11.6 Å². The molecule has 0 heterocycles. The summed E-state index contributed by atoms with van der Waals surface area (Å²) in [6, 6.07) is 0. The van der Waals surface area contributed by atoms with E-state index >= 15 is 0 Å². The number of carboxylic acids is 2. The first kappa shape index (κ1) is 15.0. The molecule has 0 aromatic heterocycles. The molecule has 2 N–H and O–H groups in total. The van der Waals surface area contributed by atoms with E-state index in [4.69, 9.17) is 11.6 Å². The van der Waals surface area contributed by atoms with E-state index < -0.39 is 22.8 Å². The van der Waals surface area contributed by atoms with Crippen molar-refractivity contribution in [2.75, 3.05) is 5.88 Å². The molecule has 2 atom stereocenters. The summed E-state index contributed by atoms with van der Waals surface area (Å²) in [5.41, 5.74) is -1.54. The molecular formula is C13H19ClO4. The highest BCUT2D eigenvalue weighted by molar-refractivity contribution is 6.19. The predicted molar refractivity (Wildman–Crippen MR) is 68.7 cm³/mol. The van der Waals surface area contributed by atoms with Gasteiger partial charge in [-0.25, -0.2) is 0 Å². The fourth-order valence-electron chi connectivity index (χ4n) is 2.76. The minimum absolute atomic E-state index is 0.0448. The van der Waals surface area contributed by atoms with E-state index in [0.717, 1.165) is 5.57 Å². The Labute approximate surface area is 112 Å². The number of aliphatic carboxylic acids is 2. The molecule has 1 aliphatic carbocycles. The van der Waals surface area contributed by atoms with E-state index in [0.29, 0.717) is 6.42 Å². The molecule has 0 bridgehead atoms. The second-order valence-electron chi connectivity index (χ2n) is 5.56. The molecular weight excluding hydrogens is 256 g/mol. The van der Waals surface area contributed by atoms with Gasteiger partial charge in [0.2, 0.25) is 0 Å². The van der Waals surface area contributed by atoms with Crippen LogP contribution in [0.15, 0.2) is 11.6 Å². The van der Waals surface area contributed by atoms with Gasteiger partial charge in [-0.1, -0.05) is 25.5 Å². The van der Waals surface area contributed by atoms with Crippen LogP contribution in [0.4, 0.5) is 0 Å². The first-order valence-corrected chi connectivity index (χ1v) is 6.45. The van der Waals surface area contributed by atoms with Gasteiger partial charge in [-0.3, -0.25) is 9.59 Å². The molecule has 4 nitrogen and oxygen atoms in total. The lowest BCUT2D eigenvalue weighted by Gasteiger charge is -2.43. The minimum Gasteiger partial charge on any atom is -0.481 e. The molecule has 5 heteroatoms. The Morgan fingerprint density at radius 3 is 2.28 bits per heavy atom. The van der Waals surface area contributed by atoms with Gasteiger partial charge in [-0.2, -0.15) is 0 Å². The zero-order valence-corrected chi connectivity index (χ0v) is 11.6. The van der Waals surface area contributed by atoms with Gasteiger partial charge < -0.3 is 10.2 Å². The molecule has 0 aromatic rings. The van der Waals surface area contributed by atoms with Gasteiger partial charge in [0, 0.05) is 5.88 Å². The lowest BCUT2D eigenvalue weighted by atomic mass is 9.60. The van der Waals surface area contributed by atoms with Crippen molar-refractivity contribution in [2.45, 2.75) is 33.6 Å². The van der Waals surface area contributed by atoms with E-state index in [1.807, 2.05) is 0 Å². The maximum absolute atomic E-state index is 11.6. The molecule has 2 unspecified atom stereocenters. The third-order valence-electron chi connectivity index (χ3n) is 3.89. The maximum Gasteiger partial charge on any atom is 0.313 e. The Morgan fingerprint density at radius 1 is 1.39 bits per heavy atom. The lowest BCUT2D eigenvalue weighted by molar-refractivity contribution is -0.157. The van der Waals surface area contributed by atoms with E-state index in [1.54, 1.807) is 26.8 Å². The van der Waals surface area contributed by atoms with Crippen LogP contribution in [0.2, 0.25) is 0 Å². The van der Waals surface area contributed by atoms with Crippen LogP contribution >= 0.6 is 11.6 Å². The fraction of sp³-hybridized carbons (Fsp3) is 0.692. The number of halogens is 1. The van der Waals surface area contributed by atoms with Crippen molar-refractivity contribution in [3.63, 3.8) is 0 Å². The lowest BCUT2D eigenvalue weighted by Crippen LogP contribution is -2.47. The Balaban J connectivity index is 3.36. The molecule has 0 saturated carbocycles. The Hall–Kier alpha value is -1.03. The van der Waals surface area contributed by atoms with Gasteiger partial charge in [0.1, 0.15) is 0 Å². The van der Waals surface area contributed by atoms with Gasteiger partial charge in [0.15, 0.2) is 0 Å². The van der Waals surface area contributed by atoms with Gasteiger partial charge in [0.05, 0.1) is 10.8 Å². The molecule has 0 aliphatic heterocycles. The van der Waals surface area contributed by atoms with Gasteiger partial charge >= 0.3 is 11.9 Å². The van der Waals surface area contributed by atoms with Crippen LogP contribution in [0.3, 0.4) is 0 Å². The highest BCUT2D eigenvalue weighted by Gasteiger charge is 2.53. The fourth-order valence-corrected chi connectivity index (χ4v) is 3.06. The van der Waals surface area contributed by atoms with Crippen LogP contribution in [0, 0.1) is 16.7 Å². The van der Waals surface area contributed by atoms with Crippen LogP contribution in [0.1, 0.15) is 33.6 Å². The monoisotopic (exact) mass is 274 g/mol. The molecule has 0 fully saturated rings.